The predicted molar refractivity (Wildman–Crippen MR) is 58.1 cm³/mol. The van der Waals surface area contributed by atoms with E-state index in [1.54, 1.807) is 0 Å². The van der Waals surface area contributed by atoms with E-state index >= 15 is 0 Å². The Bertz CT molecular complexity index is 477. The lowest BCUT2D eigenvalue weighted by Crippen LogP contribution is -2.04. The molecule has 0 aromatic heterocycles. The lowest BCUT2D eigenvalue weighted by molar-refractivity contribution is 0.102. The summed E-state index contributed by atoms with van der Waals surface area (Å²) in [6.45, 7) is 0. The van der Waals surface area contributed by atoms with Gasteiger partial charge in [0.05, 0.1) is 24.1 Å². The number of carbonyl (C=O) groups is 2. The van der Waals surface area contributed by atoms with Crippen LogP contribution in [0.25, 0.3) is 0 Å². The van der Waals surface area contributed by atoms with Gasteiger partial charge in [0.1, 0.15) is 11.8 Å². The Balaban J connectivity index is 3.44. The van der Waals surface area contributed by atoms with Crippen LogP contribution in [0.4, 0.5) is 0 Å². The van der Waals surface area contributed by atoms with Crippen molar-refractivity contribution in [1.29, 1.82) is 5.26 Å². The zero-order valence-corrected chi connectivity index (χ0v) is 9.25. The summed E-state index contributed by atoms with van der Waals surface area (Å²) in [4.78, 5) is 22.1. The number of nitrogens with zero attached hydrogens (tertiary/aromatic N) is 1. The van der Waals surface area contributed by atoms with E-state index in [4.69, 9.17) is 21.6 Å². The molecular formula is C11H8ClNO3. The molecule has 0 aliphatic rings. The third-order valence-corrected chi connectivity index (χ3v) is 2.26. The standard InChI is InChI=1S/C11H8ClNO3/c1-16-11-8(5-13)2-7(10(15)4-12)3-9(11)6-14/h2-3,6H,4H2,1H3. The Hall–Kier alpha value is -1.86. The molecule has 0 saturated heterocycles. The van der Waals surface area contributed by atoms with Gasteiger partial charge in [-0.1, -0.05) is 0 Å². The van der Waals surface area contributed by atoms with E-state index in [1.165, 1.54) is 19.2 Å². The highest BCUT2D eigenvalue weighted by Crippen LogP contribution is 2.24. The Kier molecular flexibility index (Phi) is 4.03. The van der Waals surface area contributed by atoms with Crippen molar-refractivity contribution in [3.63, 3.8) is 0 Å². The first-order chi connectivity index (χ1) is 7.67. The molecule has 0 heterocycles. The van der Waals surface area contributed by atoms with Gasteiger partial charge in [-0.15, -0.1) is 11.6 Å². The fourth-order valence-electron chi connectivity index (χ4n) is 1.29. The number of hydrogen-bond acceptors (Lipinski definition) is 4. The molecule has 1 rings (SSSR count). The molecular weight excluding hydrogens is 230 g/mol. The second-order valence-corrected chi connectivity index (χ2v) is 3.20. The molecule has 1 aromatic carbocycles. The number of rotatable bonds is 4. The topological polar surface area (TPSA) is 67.2 Å². The van der Waals surface area contributed by atoms with Crippen molar-refractivity contribution in [2.24, 2.45) is 0 Å². The quantitative estimate of drug-likeness (QED) is 0.455. The highest BCUT2D eigenvalue weighted by atomic mass is 35.5. The van der Waals surface area contributed by atoms with Crippen LogP contribution < -0.4 is 4.74 Å². The number of benzene rings is 1. The first-order valence-corrected chi connectivity index (χ1v) is 4.87. The summed E-state index contributed by atoms with van der Waals surface area (Å²) < 4.78 is 4.93. The van der Waals surface area contributed by atoms with E-state index in [0.29, 0.717) is 6.29 Å². The number of aldehydes is 1. The number of ketones is 1. The van der Waals surface area contributed by atoms with Gasteiger partial charge in [0.15, 0.2) is 12.1 Å². The van der Waals surface area contributed by atoms with Crippen LogP contribution in [0.3, 0.4) is 0 Å². The van der Waals surface area contributed by atoms with Crippen molar-refractivity contribution < 1.29 is 14.3 Å². The molecule has 0 spiro atoms. The van der Waals surface area contributed by atoms with Gasteiger partial charge >= 0.3 is 0 Å². The fourth-order valence-corrected chi connectivity index (χ4v) is 1.44. The number of Topliss-reactive ketones (excluding diaryl/α,β-unsaturated/α-hetero) is 1. The highest BCUT2D eigenvalue weighted by molar-refractivity contribution is 6.30. The molecule has 0 fully saturated rings. The summed E-state index contributed by atoms with van der Waals surface area (Å²) in [5.74, 6) is -0.372. The van der Waals surface area contributed by atoms with Gasteiger partial charge in [0.25, 0.3) is 0 Å². The van der Waals surface area contributed by atoms with E-state index in [0.717, 1.165) is 0 Å². The van der Waals surface area contributed by atoms with E-state index in [9.17, 15) is 9.59 Å². The molecule has 0 radical (unpaired) electrons. The number of hydrogen-bond donors (Lipinski definition) is 0. The molecule has 0 saturated carbocycles. The molecule has 0 aliphatic heterocycles. The van der Waals surface area contributed by atoms with Crippen molar-refractivity contribution in [3.05, 3.63) is 28.8 Å². The predicted octanol–water partition coefficient (Wildman–Crippen LogP) is 1.80. The van der Waals surface area contributed by atoms with Gasteiger partial charge in [-0.25, -0.2) is 0 Å². The minimum Gasteiger partial charge on any atom is -0.495 e. The molecule has 0 unspecified atom stereocenters. The van der Waals surface area contributed by atoms with Gasteiger partial charge < -0.3 is 4.74 Å². The first-order valence-electron chi connectivity index (χ1n) is 4.34. The Morgan fingerprint density at radius 1 is 1.62 bits per heavy atom. The van der Waals surface area contributed by atoms with Crippen LogP contribution in [-0.4, -0.2) is 25.1 Å². The molecule has 0 amide bonds. The van der Waals surface area contributed by atoms with E-state index in [2.05, 4.69) is 0 Å². The smallest absolute Gasteiger partial charge is 0.177 e. The molecule has 0 bridgehead atoms. The number of halogens is 1. The minimum absolute atomic E-state index is 0.139. The molecule has 5 heteroatoms. The molecule has 4 nitrogen and oxygen atoms in total. The lowest BCUT2D eigenvalue weighted by atomic mass is 10.0. The summed E-state index contributed by atoms with van der Waals surface area (Å²) in [7, 11) is 1.35. The monoisotopic (exact) mass is 237 g/mol. The van der Waals surface area contributed by atoms with E-state index < -0.39 is 0 Å². The zero-order valence-electron chi connectivity index (χ0n) is 8.49. The number of methoxy groups -OCH3 is 1. The van der Waals surface area contributed by atoms with E-state index in [1.807, 2.05) is 6.07 Å². The molecule has 82 valence electrons. The summed E-state index contributed by atoms with van der Waals surface area (Å²) in [6, 6.07) is 4.58. The minimum atomic E-state index is -0.344. The van der Waals surface area contributed by atoms with Crippen LogP contribution in [0.15, 0.2) is 12.1 Å². The average molecular weight is 238 g/mol. The molecule has 1 aromatic rings. The normalized spacial score (nSPS) is 9.31. The summed E-state index contributed by atoms with van der Waals surface area (Å²) in [5.41, 5.74) is 0.532. The molecule has 0 aliphatic carbocycles. The third-order valence-electron chi connectivity index (χ3n) is 2.01. The van der Waals surface area contributed by atoms with Crippen LogP contribution in [0.2, 0.25) is 0 Å². The van der Waals surface area contributed by atoms with Crippen LogP contribution in [-0.2, 0) is 0 Å². The Morgan fingerprint density at radius 3 is 2.75 bits per heavy atom. The zero-order chi connectivity index (χ0) is 12.1. The number of carbonyl (C=O) groups excluding carboxylic acids is 2. The highest BCUT2D eigenvalue weighted by Gasteiger charge is 2.14. The largest absolute Gasteiger partial charge is 0.495 e. The van der Waals surface area contributed by atoms with Gasteiger partial charge in [-0.2, -0.15) is 5.26 Å². The van der Waals surface area contributed by atoms with Crippen molar-refractivity contribution in [3.8, 4) is 11.8 Å². The second-order valence-electron chi connectivity index (χ2n) is 2.93. The van der Waals surface area contributed by atoms with Crippen molar-refractivity contribution in [2.75, 3.05) is 13.0 Å². The van der Waals surface area contributed by atoms with Gasteiger partial charge in [0, 0.05) is 5.56 Å². The number of nitriles is 1. The molecule has 0 atom stereocenters. The maximum absolute atomic E-state index is 11.4. The van der Waals surface area contributed by atoms with Crippen LogP contribution in [0.5, 0.6) is 5.75 Å². The average Bonchev–Trinajstić information content (AvgIpc) is 2.35. The van der Waals surface area contributed by atoms with Crippen LogP contribution >= 0.6 is 11.6 Å². The van der Waals surface area contributed by atoms with Gasteiger partial charge in [-0.05, 0) is 12.1 Å². The van der Waals surface area contributed by atoms with Gasteiger partial charge in [-0.3, -0.25) is 9.59 Å². The van der Waals surface area contributed by atoms with Crippen molar-refractivity contribution in [1.82, 2.24) is 0 Å². The lowest BCUT2D eigenvalue weighted by Gasteiger charge is -2.07. The Morgan fingerprint density at radius 2 is 2.31 bits per heavy atom. The fraction of sp³-hybridized carbons (Fsp3) is 0.182. The summed E-state index contributed by atoms with van der Waals surface area (Å²) in [6.07, 6.45) is 0.532. The van der Waals surface area contributed by atoms with Crippen molar-refractivity contribution >= 4 is 23.7 Å². The third kappa shape index (κ3) is 2.20. The van der Waals surface area contributed by atoms with E-state index in [-0.39, 0.29) is 34.1 Å². The number of alkyl halides is 1. The number of ether oxygens (including phenoxy) is 1. The summed E-state index contributed by atoms with van der Waals surface area (Å²) >= 11 is 5.40. The second kappa shape index (κ2) is 5.29. The van der Waals surface area contributed by atoms with Crippen LogP contribution in [0, 0.1) is 11.3 Å². The first kappa shape index (κ1) is 12.2. The SMILES string of the molecule is COc1c(C#N)cc(C(=O)CCl)cc1C=O. The van der Waals surface area contributed by atoms with Gasteiger partial charge in [0.2, 0.25) is 0 Å². The summed E-state index contributed by atoms with van der Waals surface area (Å²) in [5, 5.41) is 8.86. The maximum atomic E-state index is 11.4. The van der Waals surface area contributed by atoms with Crippen molar-refractivity contribution in [2.45, 2.75) is 0 Å². The van der Waals surface area contributed by atoms with Crippen LogP contribution in [0.1, 0.15) is 26.3 Å². The molecule has 16 heavy (non-hydrogen) atoms. The molecule has 0 N–H and O–H groups in total. The maximum Gasteiger partial charge on any atom is 0.177 e. The Labute approximate surface area is 97.4 Å².